The van der Waals surface area contributed by atoms with Gasteiger partial charge in [-0.1, -0.05) is 26.8 Å². The molecule has 3 aromatic rings. The molecule has 4 nitrogen and oxygen atoms in total. The van der Waals surface area contributed by atoms with E-state index in [4.69, 9.17) is 0 Å². The van der Waals surface area contributed by atoms with Gasteiger partial charge < -0.3 is 10.3 Å². The summed E-state index contributed by atoms with van der Waals surface area (Å²) in [5.74, 6) is 0.837. The highest BCUT2D eigenvalue weighted by molar-refractivity contribution is 5.94. The summed E-state index contributed by atoms with van der Waals surface area (Å²) in [6.45, 7) is 7.75. The molecule has 0 aliphatic carbocycles. The normalized spacial score (nSPS) is 11.7. The van der Waals surface area contributed by atoms with Crippen molar-refractivity contribution < 1.29 is 4.79 Å². The number of nitrogens with one attached hydrogen (secondary N) is 2. The lowest BCUT2D eigenvalue weighted by molar-refractivity contribution is -0.123. The Kier molecular flexibility index (Phi) is 3.68. The molecule has 0 saturated heterocycles. The molecule has 23 heavy (non-hydrogen) atoms. The molecule has 2 aromatic carbocycles. The molecule has 0 spiro atoms. The average Bonchev–Trinajstić information content (AvgIpc) is 2.90. The number of hydrogen-bond donors (Lipinski definition) is 2. The number of aryl methyl sites for hydroxylation is 1. The highest BCUT2D eigenvalue weighted by Crippen LogP contribution is 2.23. The number of hydrogen-bond acceptors (Lipinski definition) is 2. The third-order valence-electron chi connectivity index (χ3n) is 3.73. The van der Waals surface area contributed by atoms with Crippen LogP contribution in [0.15, 0.2) is 42.5 Å². The van der Waals surface area contributed by atoms with Crippen molar-refractivity contribution in [2.75, 3.05) is 5.32 Å². The Bertz CT molecular complexity index is 854. The van der Waals surface area contributed by atoms with Gasteiger partial charge >= 0.3 is 0 Å². The maximum atomic E-state index is 12.0. The Morgan fingerprint density at radius 2 is 1.78 bits per heavy atom. The fraction of sp³-hybridized carbons (Fsp3) is 0.263. The first-order valence-electron chi connectivity index (χ1n) is 7.71. The van der Waals surface area contributed by atoms with Crippen LogP contribution in [0.2, 0.25) is 0 Å². The Morgan fingerprint density at radius 1 is 1.09 bits per heavy atom. The summed E-state index contributed by atoms with van der Waals surface area (Å²) in [4.78, 5) is 20.0. The number of fused-ring (bicyclic) bond motifs is 1. The second-order valence-electron chi connectivity index (χ2n) is 6.89. The van der Waals surface area contributed by atoms with E-state index >= 15 is 0 Å². The lowest BCUT2D eigenvalue weighted by Crippen LogP contribution is -2.27. The average molecular weight is 307 g/mol. The molecular weight excluding hydrogens is 286 g/mol. The van der Waals surface area contributed by atoms with Gasteiger partial charge in [0.05, 0.1) is 11.0 Å². The van der Waals surface area contributed by atoms with Gasteiger partial charge in [0.25, 0.3) is 0 Å². The lowest BCUT2D eigenvalue weighted by Gasteiger charge is -2.17. The molecule has 2 N–H and O–H groups in total. The summed E-state index contributed by atoms with van der Waals surface area (Å²) >= 11 is 0. The van der Waals surface area contributed by atoms with Gasteiger partial charge in [0.2, 0.25) is 5.91 Å². The maximum absolute atomic E-state index is 12.0. The van der Waals surface area contributed by atoms with E-state index in [1.54, 1.807) is 0 Å². The van der Waals surface area contributed by atoms with Crippen LogP contribution < -0.4 is 5.32 Å². The molecule has 1 aromatic heterocycles. The number of carbonyl (C=O) groups is 1. The number of H-pyrrole nitrogens is 1. The molecule has 0 radical (unpaired) electrons. The fourth-order valence-electron chi connectivity index (χ4n) is 2.29. The van der Waals surface area contributed by atoms with Gasteiger partial charge in [-0.3, -0.25) is 4.79 Å². The lowest BCUT2D eigenvalue weighted by atomic mass is 9.95. The van der Waals surface area contributed by atoms with Crippen molar-refractivity contribution in [1.82, 2.24) is 9.97 Å². The van der Waals surface area contributed by atoms with Crippen molar-refractivity contribution in [1.29, 1.82) is 0 Å². The molecule has 4 heteroatoms. The standard InChI is InChI=1S/C19H21N3O/c1-12-5-10-15-16(11-12)22-17(21-15)13-6-8-14(9-7-13)20-18(23)19(2,3)4/h5-11H,1-4H3,(H,20,23)(H,21,22). The number of amides is 1. The molecule has 0 fully saturated rings. The van der Waals surface area contributed by atoms with E-state index in [1.165, 1.54) is 5.56 Å². The number of aromatic amines is 1. The first-order valence-corrected chi connectivity index (χ1v) is 7.71. The molecule has 1 heterocycles. The van der Waals surface area contributed by atoms with Gasteiger partial charge in [-0.15, -0.1) is 0 Å². The number of nitrogens with zero attached hydrogens (tertiary/aromatic N) is 1. The molecule has 1 amide bonds. The highest BCUT2D eigenvalue weighted by Gasteiger charge is 2.21. The zero-order valence-corrected chi connectivity index (χ0v) is 13.9. The Labute approximate surface area is 136 Å². The van der Waals surface area contributed by atoms with Crippen LogP contribution in [-0.4, -0.2) is 15.9 Å². The van der Waals surface area contributed by atoms with Crippen molar-refractivity contribution in [3.8, 4) is 11.4 Å². The van der Waals surface area contributed by atoms with Crippen LogP contribution in [0.1, 0.15) is 26.3 Å². The second-order valence-corrected chi connectivity index (χ2v) is 6.89. The summed E-state index contributed by atoms with van der Waals surface area (Å²) in [5, 5.41) is 2.93. The van der Waals surface area contributed by atoms with Gasteiger partial charge in [-0.2, -0.15) is 0 Å². The van der Waals surface area contributed by atoms with Gasteiger partial charge in [-0.05, 0) is 48.9 Å². The van der Waals surface area contributed by atoms with E-state index in [2.05, 4.69) is 34.3 Å². The van der Waals surface area contributed by atoms with Crippen molar-refractivity contribution >= 4 is 22.6 Å². The monoisotopic (exact) mass is 307 g/mol. The predicted octanol–water partition coefficient (Wildman–Crippen LogP) is 4.52. The number of aromatic nitrogens is 2. The number of benzene rings is 2. The van der Waals surface area contributed by atoms with E-state index in [0.29, 0.717) is 0 Å². The molecular formula is C19H21N3O. The number of imidazole rings is 1. The van der Waals surface area contributed by atoms with Gasteiger partial charge in [-0.25, -0.2) is 4.98 Å². The molecule has 0 aliphatic rings. The van der Waals surface area contributed by atoms with Crippen LogP contribution in [-0.2, 0) is 4.79 Å². The number of rotatable bonds is 2. The first kappa shape index (κ1) is 15.3. The van der Waals surface area contributed by atoms with E-state index in [-0.39, 0.29) is 5.91 Å². The van der Waals surface area contributed by atoms with Crippen LogP contribution in [0.3, 0.4) is 0 Å². The largest absolute Gasteiger partial charge is 0.338 e. The van der Waals surface area contributed by atoms with Crippen LogP contribution in [0, 0.1) is 12.3 Å². The summed E-state index contributed by atoms with van der Waals surface area (Å²) in [7, 11) is 0. The quantitative estimate of drug-likeness (QED) is 0.731. The highest BCUT2D eigenvalue weighted by atomic mass is 16.2. The second kappa shape index (κ2) is 5.54. The SMILES string of the molecule is Cc1ccc2nc(-c3ccc(NC(=O)C(C)(C)C)cc3)[nH]c2c1. The van der Waals surface area contributed by atoms with Crippen LogP contribution in [0.25, 0.3) is 22.4 Å². The minimum Gasteiger partial charge on any atom is -0.338 e. The molecule has 0 atom stereocenters. The zero-order valence-electron chi connectivity index (χ0n) is 13.9. The third-order valence-corrected chi connectivity index (χ3v) is 3.73. The third kappa shape index (κ3) is 3.26. The molecule has 0 saturated carbocycles. The van der Waals surface area contributed by atoms with Crippen LogP contribution >= 0.6 is 0 Å². The smallest absolute Gasteiger partial charge is 0.229 e. The Balaban J connectivity index is 1.85. The number of anilines is 1. The van der Waals surface area contributed by atoms with Crippen molar-refractivity contribution in [3.05, 3.63) is 48.0 Å². The van der Waals surface area contributed by atoms with E-state index in [1.807, 2.05) is 51.1 Å². The van der Waals surface area contributed by atoms with Crippen LogP contribution in [0.5, 0.6) is 0 Å². The van der Waals surface area contributed by atoms with Gasteiger partial charge in [0, 0.05) is 16.7 Å². The summed E-state index contributed by atoms with van der Waals surface area (Å²) in [6, 6.07) is 13.9. The maximum Gasteiger partial charge on any atom is 0.229 e. The fourth-order valence-corrected chi connectivity index (χ4v) is 2.29. The Morgan fingerprint density at radius 3 is 2.43 bits per heavy atom. The van der Waals surface area contributed by atoms with Gasteiger partial charge in [0.1, 0.15) is 5.82 Å². The van der Waals surface area contributed by atoms with Gasteiger partial charge in [0.15, 0.2) is 0 Å². The number of carbonyl (C=O) groups excluding carboxylic acids is 1. The predicted molar refractivity (Wildman–Crippen MR) is 94.4 cm³/mol. The summed E-state index contributed by atoms with van der Waals surface area (Å²) in [5.41, 5.74) is 4.57. The van der Waals surface area contributed by atoms with E-state index < -0.39 is 5.41 Å². The molecule has 118 valence electrons. The minimum atomic E-state index is -0.407. The first-order chi connectivity index (χ1) is 10.8. The van der Waals surface area contributed by atoms with Crippen LogP contribution in [0.4, 0.5) is 5.69 Å². The zero-order chi connectivity index (χ0) is 16.6. The topological polar surface area (TPSA) is 57.8 Å². The van der Waals surface area contributed by atoms with E-state index in [9.17, 15) is 4.79 Å². The molecule has 0 aliphatic heterocycles. The Hall–Kier alpha value is -2.62. The minimum absolute atomic E-state index is 0.00413. The summed E-state index contributed by atoms with van der Waals surface area (Å²) < 4.78 is 0. The van der Waals surface area contributed by atoms with E-state index in [0.717, 1.165) is 28.1 Å². The summed E-state index contributed by atoms with van der Waals surface area (Å²) in [6.07, 6.45) is 0. The molecule has 3 rings (SSSR count). The van der Waals surface area contributed by atoms with Crippen molar-refractivity contribution in [2.45, 2.75) is 27.7 Å². The van der Waals surface area contributed by atoms with Crippen molar-refractivity contribution in [3.63, 3.8) is 0 Å². The van der Waals surface area contributed by atoms with Crippen molar-refractivity contribution in [2.24, 2.45) is 5.41 Å². The molecule has 0 unspecified atom stereocenters. The molecule has 0 bridgehead atoms.